The number of carbonyl (C=O) groups is 2. The van der Waals surface area contributed by atoms with Gasteiger partial charge in [0.2, 0.25) is 5.91 Å². The van der Waals surface area contributed by atoms with Gasteiger partial charge in [0.1, 0.15) is 0 Å². The van der Waals surface area contributed by atoms with Gasteiger partial charge in [0, 0.05) is 35.4 Å². The highest BCUT2D eigenvalue weighted by Crippen LogP contribution is 2.22. The van der Waals surface area contributed by atoms with E-state index in [-0.39, 0.29) is 11.8 Å². The van der Waals surface area contributed by atoms with Crippen molar-refractivity contribution in [2.75, 3.05) is 18.1 Å². The van der Waals surface area contributed by atoms with E-state index in [0.29, 0.717) is 12.0 Å². The maximum Gasteiger partial charge on any atom is 0.251 e. The van der Waals surface area contributed by atoms with Crippen molar-refractivity contribution in [3.8, 4) is 0 Å². The Kier molecular flexibility index (Phi) is 6.65. The highest BCUT2D eigenvalue weighted by atomic mass is 32.2. The molecule has 25 heavy (non-hydrogen) atoms. The first-order valence-corrected chi connectivity index (χ1v) is 9.22. The minimum absolute atomic E-state index is 0.0212. The Balaban J connectivity index is 1.87. The summed E-state index contributed by atoms with van der Waals surface area (Å²) in [4.78, 5) is 24.9. The fourth-order valence-corrected chi connectivity index (χ4v) is 3.32. The van der Waals surface area contributed by atoms with E-state index in [2.05, 4.69) is 42.7 Å². The average molecular weight is 356 g/mol. The molecule has 0 saturated carbocycles. The summed E-state index contributed by atoms with van der Waals surface area (Å²) in [6, 6.07) is 11.6. The van der Waals surface area contributed by atoms with E-state index in [0.717, 1.165) is 17.0 Å². The molecule has 0 aromatic heterocycles. The van der Waals surface area contributed by atoms with Crippen molar-refractivity contribution in [1.82, 2.24) is 5.32 Å². The van der Waals surface area contributed by atoms with Gasteiger partial charge in [0.25, 0.3) is 5.91 Å². The van der Waals surface area contributed by atoms with E-state index in [4.69, 9.17) is 0 Å². The Labute approximate surface area is 153 Å². The Morgan fingerprint density at radius 3 is 2.36 bits per heavy atom. The van der Waals surface area contributed by atoms with Crippen LogP contribution >= 0.6 is 11.8 Å². The maximum absolute atomic E-state index is 12.1. The fraction of sp³-hybridized carbons (Fsp3) is 0.300. The van der Waals surface area contributed by atoms with Gasteiger partial charge in [-0.15, -0.1) is 11.8 Å². The summed E-state index contributed by atoms with van der Waals surface area (Å²) in [6.45, 7) is 6.07. The van der Waals surface area contributed by atoms with Gasteiger partial charge in [-0.1, -0.05) is 6.07 Å². The van der Waals surface area contributed by atoms with Gasteiger partial charge in [0.05, 0.1) is 0 Å². The summed E-state index contributed by atoms with van der Waals surface area (Å²) in [5.74, 6) is 0.571. The molecule has 0 heterocycles. The summed E-state index contributed by atoms with van der Waals surface area (Å²) in [6.07, 6.45) is 0.439. The minimum atomic E-state index is -0.134. The minimum Gasteiger partial charge on any atom is -0.355 e. The molecule has 0 atom stereocenters. The molecular weight excluding hydrogens is 332 g/mol. The summed E-state index contributed by atoms with van der Waals surface area (Å²) in [5.41, 5.74) is 4.74. The third kappa shape index (κ3) is 5.36. The molecule has 2 amide bonds. The molecule has 0 unspecified atom stereocenters. The second-order valence-corrected chi connectivity index (χ2v) is 7.17. The van der Waals surface area contributed by atoms with Crippen LogP contribution in [0.25, 0.3) is 0 Å². The molecule has 0 aliphatic rings. The number of aryl methyl sites for hydroxylation is 3. The van der Waals surface area contributed by atoms with Gasteiger partial charge in [0.15, 0.2) is 0 Å². The fourth-order valence-electron chi connectivity index (χ4n) is 2.37. The monoisotopic (exact) mass is 356 g/mol. The van der Waals surface area contributed by atoms with Crippen LogP contribution in [0.15, 0.2) is 41.3 Å². The molecular formula is C20H24N2O2S. The smallest absolute Gasteiger partial charge is 0.251 e. The SMILES string of the molecule is CNC(=O)c1ccc(NC(=O)CCSc2ccc(C)c(C)c2)c(C)c1. The van der Waals surface area contributed by atoms with Crippen LogP contribution in [0.3, 0.4) is 0 Å². The molecule has 2 aromatic rings. The molecule has 5 heteroatoms. The van der Waals surface area contributed by atoms with E-state index >= 15 is 0 Å². The van der Waals surface area contributed by atoms with Crippen molar-refractivity contribution >= 4 is 29.3 Å². The van der Waals surface area contributed by atoms with Gasteiger partial charge >= 0.3 is 0 Å². The van der Waals surface area contributed by atoms with E-state index in [1.807, 2.05) is 6.92 Å². The van der Waals surface area contributed by atoms with E-state index in [9.17, 15) is 9.59 Å². The topological polar surface area (TPSA) is 58.2 Å². The summed E-state index contributed by atoms with van der Waals surface area (Å²) >= 11 is 1.68. The van der Waals surface area contributed by atoms with Crippen molar-refractivity contribution < 1.29 is 9.59 Å². The third-order valence-corrected chi connectivity index (χ3v) is 5.06. The first-order chi connectivity index (χ1) is 11.9. The highest BCUT2D eigenvalue weighted by Gasteiger charge is 2.09. The molecule has 0 aliphatic heterocycles. The lowest BCUT2D eigenvalue weighted by atomic mass is 10.1. The molecule has 4 nitrogen and oxygen atoms in total. The normalized spacial score (nSPS) is 10.4. The third-order valence-electron chi connectivity index (χ3n) is 4.07. The number of benzene rings is 2. The van der Waals surface area contributed by atoms with Crippen LogP contribution in [0.2, 0.25) is 0 Å². The number of hydrogen-bond donors (Lipinski definition) is 2. The number of thioether (sulfide) groups is 1. The molecule has 0 saturated heterocycles. The molecule has 0 radical (unpaired) electrons. The number of anilines is 1. The summed E-state index contributed by atoms with van der Waals surface area (Å²) in [7, 11) is 1.60. The van der Waals surface area contributed by atoms with Crippen LogP contribution in [-0.4, -0.2) is 24.6 Å². The quantitative estimate of drug-likeness (QED) is 0.767. The van der Waals surface area contributed by atoms with Crippen LogP contribution < -0.4 is 10.6 Å². The molecule has 132 valence electrons. The predicted octanol–water partition coefficient (Wildman–Crippen LogP) is 4.09. The van der Waals surface area contributed by atoms with Gasteiger partial charge < -0.3 is 10.6 Å². The zero-order chi connectivity index (χ0) is 18.4. The van der Waals surface area contributed by atoms with Crippen molar-refractivity contribution in [3.05, 3.63) is 58.7 Å². The second kappa shape index (κ2) is 8.72. The molecule has 0 bridgehead atoms. The largest absolute Gasteiger partial charge is 0.355 e. The zero-order valence-electron chi connectivity index (χ0n) is 15.1. The zero-order valence-corrected chi connectivity index (χ0v) is 15.9. The Morgan fingerprint density at radius 1 is 0.960 bits per heavy atom. The lowest BCUT2D eigenvalue weighted by Gasteiger charge is -2.10. The first-order valence-electron chi connectivity index (χ1n) is 8.23. The van der Waals surface area contributed by atoms with Gasteiger partial charge in [-0.05, 0) is 67.8 Å². The van der Waals surface area contributed by atoms with Crippen molar-refractivity contribution in [3.63, 3.8) is 0 Å². The van der Waals surface area contributed by atoms with Crippen molar-refractivity contribution in [2.45, 2.75) is 32.1 Å². The van der Waals surface area contributed by atoms with E-state index in [1.54, 1.807) is 37.0 Å². The van der Waals surface area contributed by atoms with Crippen LogP contribution in [0, 0.1) is 20.8 Å². The van der Waals surface area contributed by atoms with Gasteiger partial charge in [-0.3, -0.25) is 9.59 Å². The Hall–Kier alpha value is -2.27. The Morgan fingerprint density at radius 2 is 1.72 bits per heavy atom. The number of amides is 2. The van der Waals surface area contributed by atoms with Crippen LogP contribution in [0.1, 0.15) is 33.5 Å². The second-order valence-electron chi connectivity index (χ2n) is 6.00. The van der Waals surface area contributed by atoms with E-state index < -0.39 is 0 Å². The number of nitrogens with one attached hydrogen (secondary N) is 2. The number of carbonyl (C=O) groups excluding carboxylic acids is 2. The van der Waals surface area contributed by atoms with Crippen LogP contribution in [0.4, 0.5) is 5.69 Å². The van der Waals surface area contributed by atoms with Gasteiger partial charge in [-0.2, -0.15) is 0 Å². The van der Waals surface area contributed by atoms with Crippen LogP contribution in [0.5, 0.6) is 0 Å². The molecule has 0 fully saturated rings. The molecule has 0 aliphatic carbocycles. The highest BCUT2D eigenvalue weighted by molar-refractivity contribution is 7.99. The lowest BCUT2D eigenvalue weighted by Crippen LogP contribution is -2.18. The van der Waals surface area contributed by atoms with Crippen LogP contribution in [-0.2, 0) is 4.79 Å². The molecule has 2 rings (SSSR count). The maximum atomic E-state index is 12.1. The van der Waals surface area contributed by atoms with Crippen molar-refractivity contribution in [2.24, 2.45) is 0 Å². The molecule has 2 N–H and O–H groups in total. The number of hydrogen-bond acceptors (Lipinski definition) is 3. The van der Waals surface area contributed by atoms with E-state index in [1.165, 1.54) is 16.0 Å². The Bertz CT molecular complexity index is 787. The van der Waals surface area contributed by atoms with Gasteiger partial charge in [-0.25, -0.2) is 0 Å². The molecule has 0 spiro atoms. The summed E-state index contributed by atoms with van der Waals surface area (Å²) < 4.78 is 0. The predicted molar refractivity (Wildman–Crippen MR) is 104 cm³/mol. The standard InChI is InChI=1S/C20H24N2O2S/c1-13-5-7-17(12-14(13)2)25-10-9-19(23)22-18-8-6-16(11-15(18)3)20(24)21-4/h5-8,11-12H,9-10H2,1-4H3,(H,21,24)(H,22,23). The molecule has 2 aromatic carbocycles. The number of rotatable bonds is 6. The average Bonchev–Trinajstić information content (AvgIpc) is 2.59. The summed E-state index contributed by atoms with van der Waals surface area (Å²) in [5, 5.41) is 5.51. The first kappa shape index (κ1) is 19.1. The lowest BCUT2D eigenvalue weighted by molar-refractivity contribution is -0.115. The van der Waals surface area contributed by atoms with Crippen molar-refractivity contribution in [1.29, 1.82) is 0 Å².